The average Bonchev–Trinajstić information content (AvgIpc) is 3.06. The van der Waals surface area contributed by atoms with Crippen molar-refractivity contribution in [1.29, 1.82) is 0 Å². The van der Waals surface area contributed by atoms with Gasteiger partial charge in [-0.05, 0) is 0 Å². The van der Waals surface area contributed by atoms with Crippen molar-refractivity contribution in [2.75, 3.05) is 14.1 Å². The fourth-order valence-corrected chi connectivity index (χ4v) is 8.29. The summed E-state index contributed by atoms with van der Waals surface area (Å²) in [5.74, 6) is -2.27. The molecule has 2 fully saturated rings. The molecule has 1 aromatic carbocycles. The van der Waals surface area contributed by atoms with E-state index in [1.807, 2.05) is 6.07 Å². The van der Waals surface area contributed by atoms with E-state index in [1.165, 1.54) is 31.7 Å². The van der Waals surface area contributed by atoms with Crippen LogP contribution >= 0.6 is 0 Å². The molecule has 3 rings (SSSR count). The predicted molar refractivity (Wildman–Crippen MR) is 106 cm³/mol. The van der Waals surface area contributed by atoms with Gasteiger partial charge in [0.05, 0.1) is 0 Å². The van der Waals surface area contributed by atoms with Crippen LogP contribution in [-0.2, 0) is 5.92 Å². The quantitative estimate of drug-likeness (QED) is 0.350. The summed E-state index contributed by atoms with van der Waals surface area (Å²) in [5.41, 5.74) is 0.237. The first kappa shape index (κ1) is 22.4. The summed E-state index contributed by atoms with van der Waals surface area (Å²) >= 11 is 0.0755. The fourth-order valence-electron chi connectivity index (χ4n) is 5.13. The van der Waals surface area contributed by atoms with E-state index >= 15 is 0 Å². The van der Waals surface area contributed by atoms with Crippen LogP contribution < -0.4 is 21.5 Å². The molecule has 2 aliphatic rings. The molecule has 2 nitrogen and oxygen atoms in total. The van der Waals surface area contributed by atoms with Gasteiger partial charge in [-0.25, -0.2) is 0 Å². The summed E-state index contributed by atoms with van der Waals surface area (Å²) in [4.78, 5) is 0. The Balaban J connectivity index is 1.83. The third-order valence-corrected chi connectivity index (χ3v) is 9.58. The molecule has 0 bridgehead atoms. The second kappa shape index (κ2) is 9.25. The van der Waals surface area contributed by atoms with Crippen LogP contribution in [0, 0.1) is 5.92 Å². The molecule has 0 aliphatic heterocycles. The molecule has 2 saturated carbocycles. The monoisotopic (exact) mass is 506 g/mol. The number of benzene rings is 1. The third kappa shape index (κ3) is 5.66. The van der Waals surface area contributed by atoms with E-state index in [0.717, 1.165) is 48.5 Å². The van der Waals surface area contributed by atoms with Gasteiger partial charge in [-0.1, -0.05) is 0 Å². The second-order valence-electron chi connectivity index (χ2n) is 9.13. The van der Waals surface area contributed by atoms with Gasteiger partial charge in [0.25, 0.3) is 0 Å². The Bertz CT molecular complexity index is 640. The van der Waals surface area contributed by atoms with E-state index in [-0.39, 0.29) is 33.0 Å². The molecule has 0 amide bonds. The van der Waals surface area contributed by atoms with Crippen LogP contribution in [0.1, 0.15) is 81.8 Å². The van der Waals surface area contributed by atoms with Gasteiger partial charge in [0.2, 0.25) is 0 Å². The molecule has 3 unspecified atom stereocenters. The van der Waals surface area contributed by atoms with E-state index in [2.05, 4.69) is 17.2 Å². The first-order valence-corrected chi connectivity index (χ1v) is 12.9. The molecule has 0 saturated heterocycles. The summed E-state index contributed by atoms with van der Waals surface area (Å²) in [6.45, 7) is 0.961. The minimum atomic E-state index is -2.84. The molecule has 1 aromatic rings. The van der Waals surface area contributed by atoms with Crippen molar-refractivity contribution in [2.24, 2.45) is 5.92 Å². The maximum absolute atomic E-state index is 13.9. The molecule has 0 heterocycles. The van der Waals surface area contributed by atoms with Crippen molar-refractivity contribution in [2.45, 2.75) is 86.1 Å². The Morgan fingerprint density at radius 1 is 1.21 bits per heavy atom. The van der Waals surface area contributed by atoms with Crippen molar-refractivity contribution < 1.29 is 35.4 Å². The summed E-state index contributed by atoms with van der Waals surface area (Å²) in [5, 5.41) is 11.6. The van der Waals surface area contributed by atoms with Gasteiger partial charge >= 0.3 is 180 Å². The third-order valence-electron chi connectivity index (χ3n) is 6.54. The molecule has 28 heavy (non-hydrogen) atoms. The fraction of sp³-hybridized carbons (Fsp3) is 0.739. The Morgan fingerprint density at radius 3 is 2.57 bits per heavy atom. The number of aliphatic hydroxyl groups is 1. The Hall–Kier alpha value is -0.270. The Morgan fingerprint density at radius 2 is 1.93 bits per heavy atom. The van der Waals surface area contributed by atoms with Crippen molar-refractivity contribution in [3.05, 3.63) is 35.4 Å². The molecule has 5 heteroatoms. The second-order valence-corrected chi connectivity index (χ2v) is 13.4. The van der Waals surface area contributed by atoms with Crippen LogP contribution in [0.2, 0.25) is 0 Å². The molecule has 1 N–H and O–H groups in total. The van der Waals surface area contributed by atoms with Crippen molar-refractivity contribution in [3.8, 4) is 0 Å². The van der Waals surface area contributed by atoms with Gasteiger partial charge in [-0.15, -0.1) is 0 Å². The summed E-state index contributed by atoms with van der Waals surface area (Å²) in [7, 11) is 4.34. The van der Waals surface area contributed by atoms with Gasteiger partial charge in [0.1, 0.15) is 0 Å². The van der Waals surface area contributed by atoms with E-state index in [1.54, 1.807) is 12.1 Å². The summed E-state index contributed by atoms with van der Waals surface area (Å²) in [6, 6.07) is 6.89. The zero-order chi connectivity index (χ0) is 20.4. The Kier molecular flexibility index (Phi) is 7.41. The normalized spacial score (nSPS) is 26.7. The number of alkyl halides is 3. The SMILES string of the molecule is CN(C)[I-]C1CCC(CC(c2cccc(C(C)(F)F)c2)C2(O)CCCCC2)C1. The van der Waals surface area contributed by atoms with Crippen LogP contribution in [0.3, 0.4) is 0 Å². The van der Waals surface area contributed by atoms with Crippen LogP contribution in [0.25, 0.3) is 0 Å². The van der Waals surface area contributed by atoms with Crippen molar-refractivity contribution in [1.82, 2.24) is 3.11 Å². The predicted octanol–water partition coefficient (Wildman–Crippen LogP) is 2.70. The van der Waals surface area contributed by atoms with Crippen molar-refractivity contribution in [3.63, 3.8) is 0 Å². The minimum absolute atomic E-state index is 0.0311. The maximum atomic E-state index is 13.9. The number of hydrogen-bond acceptors (Lipinski definition) is 2. The van der Waals surface area contributed by atoms with E-state index < -0.39 is 11.5 Å². The average molecular weight is 506 g/mol. The molecule has 0 radical (unpaired) electrons. The topological polar surface area (TPSA) is 23.5 Å². The van der Waals surface area contributed by atoms with E-state index in [0.29, 0.717) is 5.92 Å². The molecule has 3 atom stereocenters. The molecule has 0 aromatic heterocycles. The van der Waals surface area contributed by atoms with Gasteiger partial charge in [-0.3, -0.25) is 0 Å². The molecule has 0 spiro atoms. The van der Waals surface area contributed by atoms with E-state index in [9.17, 15) is 13.9 Å². The number of halogens is 3. The molecule has 2 aliphatic carbocycles. The number of rotatable bonds is 7. The zero-order valence-corrected chi connectivity index (χ0v) is 19.6. The Labute approximate surface area is 179 Å². The standard InChI is InChI=1S/C23H35F2INO/c1-22(24,25)19-9-7-8-18(16-19)21(23(28)12-5-4-6-13-23)15-17-10-11-20(14-17)26-27(2)3/h7-9,16-17,20-21,28H,4-6,10-15H2,1-3H3/q-1. The first-order valence-electron chi connectivity index (χ1n) is 10.7. The summed E-state index contributed by atoms with van der Waals surface area (Å²) < 4.78 is 31.1. The first-order chi connectivity index (χ1) is 13.2. The number of nitrogens with zero attached hydrogens (tertiary/aromatic N) is 1. The van der Waals surface area contributed by atoms with Crippen LogP contribution in [-0.4, -0.2) is 31.8 Å². The van der Waals surface area contributed by atoms with Gasteiger partial charge in [0.15, 0.2) is 0 Å². The van der Waals surface area contributed by atoms with Gasteiger partial charge < -0.3 is 0 Å². The van der Waals surface area contributed by atoms with Gasteiger partial charge in [0, 0.05) is 0 Å². The van der Waals surface area contributed by atoms with Crippen LogP contribution in [0.15, 0.2) is 24.3 Å². The van der Waals surface area contributed by atoms with Crippen molar-refractivity contribution >= 4 is 0 Å². The van der Waals surface area contributed by atoms with Gasteiger partial charge in [-0.2, -0.15) is 0 Å². The van der Waals surface area contributed by atoms with E-state index in [4.69, 9.17) is 0 Å². The zero-order valence-electron chi connectivity index (χ0n) is 17.4. The molecular weight excluding hydrogens is 471 g/mol. The molecule has 160 valence electrons. The molecular formula is C23H35F2INO-. The van der Waals surface area contributed by atoms with Crippen LogP contribution in [0.5, 0.6) is 0 Å². The van der Waals surface area contributed by atoms with Crippen LogP contribution in [0.4, 0.5) is 8.78 Å². The number of hydrogen-bond donors (Lipinski definition) is 1. The summed E-state index contributed by atoms with van der Waals surface area (Å²) in [6.07, 6.45) is 9.51.